The molecule has 5 rings (SSSR count). The number of benzene rings is 1. The van der Waals surface area contributed by atoms with Gasteiger partial charge in [0.2, 0.25) is 5.91 Å². The normalized spacial score (nSPS) is 18.4. The Morgan fingerprint density at radius 2 is 1.84 bits per heavy atom. The van der Waals surface area contributed by atoms with Crippen molar-refractivity contribution in [2.24, 2.45) is 0 Å². The first-order valence-electron chi connectivity index (χ1n) is 11.9. The monoisotopic (exact) mass is 563 g/mol. The molecule has 0 aliphatic carbocycles. The lowest BCUT2D eigenvalue weighted by atomic mass is 10.1. The second kappa shape index (κ2) is 12.6. The van der Waals surface area contributed by atoms with E-state index in [4.69, 9.17) is 14.0 Å². The highest BCUT2D eigenvalue weighted by Gasteiger charge is 2.29. The lowest BCUT2D eigenvalue weighted by Crippen LogP contribution is -2.41. The van der Waals surface area contributed by atoms with Crippen LogP contribution in [-0.4, -0.2) is 77.2 Å². The summed E-state index contributed by atoms with van der Waals surface area (Å²) in [4.78, 5) is 25.9. The molecule has 1 aromatic carbocycles. The second-order valence-electron chi connectivity index (χ2n) is 8.93. The molecule has 2 fully saturated rings. The van der Waals surface area contributed by atoms with Crippen LogP contribution >= 0.6 is 11.3 Å². The van der Waals surface area contributed by atoms with Crippen molar-refractivity contribution >= 4 is 33.3 Å². The number of hydrogen-bond acceptors (Lipinski definition) is 10. The van der Waals surface area contributed by atoms with Crippen molar-refractivity contribution in [2.45, 2.75) is 32.0 Å². The van der Waals surface area contributed by atoms with Gasteiger partial charge in [0, 0.05) is 36.8 Å². The van der Waals surface area contributed by atoms with Gasteiger partial charge in [0.1, 0.15) is 24.1 Å². The Bertz CT molecular complexity index is 1340. The number of aromatic nitrogens is 3. The number of carbonyl (C=O) groups is 2. The molecule has 2 aromatic heterocycles. The average molecular weight is 564 g/mol. The predicted molar refractivity (Wildman–Crippen MR) is 139 cm³/mol. The molecule has 14 heteroatoms. The van der Waals surface area contributed by atoms with E-state index < -0.39 is 16.2 Å². The highest BCUT2D eigenvalue weighted by Crippen LogP contribution is 2.33. The smallest absolute Gasteiger partial charge is 0.261 e. The topological polar surface area (TPSA) is 153 Å². The Labute approximate surface area is 224 Å². The summed E-state index contributed by atoms with van der Waals surface area (Å²) in [7, 11) is -3.67. The first-order valence-corrected chi connectivity index (χ1v) is 14.7. The minimum atomic E-state index is -3.67. The number of ether oxygens (including phenoxy) is 2. The van der Waals surface area contributed by atoms with E-state index in [1.165, 1.54) is 21.6 Å². The van der Waals surface area contributed by atoms with Crippen LogP contribution in [0.5, 0.6) is 5.75 Å². The van der Waals surface area contributed by atoms with Crippen molar-refractivity contribution in [1.29, 1.82) is 0 Å². The van der Waals surface area contributed by atoms with Crippen molar-refractivity contribution in [3.8, 4) is 17.0 Å². The number of rotatable bonds is 7. The molecule has 12 nitrogen and oxygen atoms in total. The molecule has 0 saturated carbocycles. The Morgan fingerprint density at radius 1 is 1.16 bits per heavy atom. The van der Waals surface area contributed by atoms with E-state index in [2.05, 4.69) is 44.8 Å². The van der Waals surface area contributed by atoms with Gasteiger partial charge in [-0.15, -0.1) is 16.4 Å². The van der Waals surface area contributed by atoms with E-state index in [1.54, 1.807) is 6.20 Å². The molecule has 38 heavy (non-hydrogen) atoms. The molecule has 1 atom stereocenters. The summed E-state index contributed by atoms with van der Waals surface area (Å²) in [5, 5.41) is 14.6. The highest BCUT2D eigenvalue weighted by atomic mass is 32.2. The molecule has 2 aliphatic rings. The molecule has 4 heterocycles. The lowest BCUT2D eigenvalue weighted by molar-refractivity contribution is -0.136. The van der Waals surface area contributed by atoms with Gasteiger partial charge in [0.15, 0.2) is 0 Å². The summed E-state index contributed by atoms with van der Waals surface area (Å²) in [5.41, 5.74) is 3.84. The quantitative estimate of drug-likeness (QED) is 0.322. The van der Waals surface area contributed by atoms with Crippen molar-refractivity contribution in [1.82, 2.24) is 25.2 Å². The van der Waals surface area contributed by atoms with E-state index in [9.17, 15) is 18.0 Å². The zero-order valence-electron chi connectivity index (χ0n) is 20.8. The lowest BCUT2D eigenvalue weighted by Gasteiger charge is -2.26. The van der Waals surface area contributed by atoms with E-state index in [-0.39, 0.29) is 11.8 Å². The van der Waals surface area contributed by atoms with Crippen molar-refractivity contribution in [3.05, 3.63) is 52.3 Å². The van der Waals surface area contributed by atoms with Gasteiger partial charge in [-0.1, -0.05) is 29.5 Å². The standard InChI is InChI=1S/C23H25N5O4S.CH4O3S/c29-22-6-5-20(23(30)24-22)28-12-19(25-26-28)18-14-33-15-21(18)32-13-17-3-1-16(2-4-17)11-27-7-9-31-10-8-27;1-5(2,3)4/h1-4,12,14-15,20H,5-11,13H2,(H,24,29,30);1H3,(H,2,3,4). The minimum Gasteiger partial charge on any atom is -0.487 e. The molecule has 2 aliphatic heterocycles. The fourth-order valence-corrected chi connectivity index (χ4v) is 4.75. The van der Waals surface area contributed by atoms with Crippen molar-refractivity contribution in [2.75, 3.05) is 32.6 Å². The number of nitrogens with zero attached hydrogens (tertiary/aromatic N) is 4. The maximum Gasteiger partial charge on any atom is 0.261 e. The Morgan fingerprint density at radius 3 is 2.53 bits per heavy atom. The molecule has 0 bridgehead atoms. The maximum atomic E-state index is 12.1. The number of hydrogen-bond donors (Lipinski definition) is 2. The first kappa shape index (κ1) is 27.9. The Kier molecular flexibility index (Phi) is 9.22. The van der Waals surface area contributed by atoms with Crippen molar-refractivity contribution in [3.63, 3.8) is 0 Å². The third-order valence-electron chi connectivity index (χ3n) is 5.87. The summed E-state index contributed by atoms with van der Waals surface area (Å²) < 4.78 is 38.9. The highest BCUT2D eigenvalue weighted by molar-refractivity contribution is 7.85. The van der Waals surface area contributed by atoms with E-state index in [0.29, 0.717) is 31.4 Å². The number of piperidine rings is 1. The largest absolute Gasteiger partial charge is 0.487 e. The average Bonchev–Trinajstić information content (AvgIpc) is 3.53. The number of nitrogens with one attached hydrogen (secondary N) is 1. The molecule has 3 aromatic rings. The Balaban J connectivity index is 0.000000617. The van der Waals surface area contributed by atoms with Crippen LogP contribution in [0.25, 0.3) is 11.3 Å². The number of imide groups is 1. The Hall–Kier alpha value is -3.17. The van der Waals surface area contributed by atoms with E-state index in [0.717, 1.165) is 49.7 Å². The number of carbonyl (C=O) groups excluding carboxylic acids is 2. The number of amides is 2. The molecule has 1 unspecified atom stereocenters. The fraction of sp³-hybridized carbons (Fsp3) is 0.417. The summed E-state index contributed by atoms with van der Waals surface area (Å²) >= 11 is 1.52. The van der Waals surface area contributed by atoms with Gasteiger partial charge < -0.3 is 9.47 Å². The van der Waals surface area contributed by atoms with E-state index in [1.807, 2.05) is 10.8 Å². The molecule has 2 amide bonds. The summed E-state index contributed by atoms with van der Waals surface area (Å²) in [6.07, 6.45) is 3.16. The predicted octanol–water partition coefficient (Wildman–Crippen LogP) is 1.90. The van der Waals surface area contributed by atoms with Crippen LogP contribution in [0.2, 0.25) is 0 Å². The van der Waals surface area contributed by atoms with Gasteiger partial charge in [-0.25, -0.2) is 4.68 Å². The molecular formula is C24H29N5O7S2. The molecule has 0 radical (unpaired) electrons. The molecule has 0 spiro atoms. The van der Waals surface area contributed by atoms with Crippen LogP contribution in [0.4, 0.5) is 0 Å². The van der Waals surface area contributed by atoms with Gasteiger partial charge in [0.25, 0.3) is 16.0 Å². The number of morpholine rings is 1. The van der Waals surface area contributed by atoms with Crippen LogP contribution < -0.4 is 10.1 Å². The zero-order valence-corrected chi connectivity index (χ0v) is 22.4. The van der Waals surface area contributed by atoms with Crippen LogP contribution in [0.3, 0.4) is 0 Å². The third kappa shape index (κ3) is 8.16. The molecule has 2 saturated heterocycles. The molecule has 2 N–H and O–H groups in total. The van der Waals surface area contributed by atoms with Gasteiger partial charge in [-0.3, -0.25) is 24.4 Å². The zero-order chi connectivity index (χ0) is 27.1. The van der Waals surface area contributed by atoms with Crippen LogP contribution in [0, 0.1) is 0 Å². The third-order valence-corrected chi connectivity index (χ3v) is 6.59. The first-order chi connectivity index (χ1) is 18.2. The molecule has 204 valence electrons. The van der Waals surface area contributed by atoms with Crippen LogP contribution in [0.15, 0.2) is 41.2 Å². The summed E-state index contributed by atoms with van der Waals surface area (Å²) in [6, 6.07) is 7.97. The van der Waals surface area contributed by atoms with Gasteiger partial charge in [-0.05, 0) is 17.5 Å². The van der Waals surface area contributed by atoms with Crippen LogP contribution in [-0.2, 0) is 37.6 Å². The van der Waals surface area contributed by atoms with E-state index >= 15 is 0 Å². The summed E-state index contributed by atoms with van der Waals surface area (Å²) in [6.45, 7) is 4.93. The second-order valence-corrected chi connectivity index (χ2v) is 11.1. The fourth-order valence-electron chi connectivity index (χ4n) is 3.99. The summed E-state index contributed by atoms with van der Waals surface area (Å²) in [5.74, 6) is 0.133. The number of thiophene rings is 1. The van der Waals surface area contributed by atoms with Gasteiger partial charge in [0.05, 0.1) is 31.2 Å². The van der Waals surface area contributed by atoms with Crippen LogP contribution in [0.1, 0.15) is 30.0 Å². The SMILES string of the molecule is CS(=O)(=O)O.O=C1CCC(n2cc(-c3cscc3OCc3ccc(CN4CCOCC4)cc3)nn2)C(=O)N1. The van der Waals surface area contributed by atoms with Gasteiger partial charge >= 0.3 is 0 Å². The van der Waals surface area contributed by atoms with Gasteiger partial charge in [-0.2, -0.15) is 8.42 Å². The minimum absolute atomic E-state index is 0.251. The maximum absolute atomic E-state index is 12.1. The molecular weight excluding hydrogens is 534 g/mol. The van der Waals surface area contributed by atoms with Crippen molar-refractivity contribution < 1.29 is 32.0 Å².